The van der Waals surface area contributed by atoms with Gasteiger partial charge in [0.15, 0.2) is 0 Å². The Morgan fingerprint density at radius 3 is 2.18 bits per heavy atom. The SMILES string of the molecule is CC(C)[C@H](NC(=O)OCC1c2ccccc2-c2ccccc21)C(=O)N1CC(C(=O)O)CCC1C. The molecule has 7 heteroatoms. The number of likely N-dealkylation sites (tertiary alicyclic amines) is 1. The van der Waals surface area contributed by atoms with E-state index in [1.54, 1.807) is 4.90 Å². The molecule has 2 aromatic carbocycles. The molecule has 2 unspecified atom stereocenters. The maximum absolute atomic E-state index is 13.3. The molecule has 34 heavy (non-hydrogen) atoms. The van der Waals surface area contributed by atoms with Crippen molar-refractivity contribution in [1.82, 2.24) is 10.2 Å². The summed E-state index contributed by atoms with van der Waals surface area (Å²) in [5.41, 5.74) is 4.54. The van der Waals surface area contributed by atoms with E-state index in [1.807, 2.05) is 45.0 Å². The van der Waals surface area contributed by atoms with E-state index in [-0.39, 0.29) is 36.9 Å². The average Bonchev–Trinajstić information content (AvgIpc) is 3.14. The number of benzene rings is 2. The third-order valence-corrected chi connectivity index (χ3v) is 7.06. The van der Waals surface area contributed by atoms with Gasteiger partial charge < -0.3 is 20.1 Å². The fourth-order valence-electron chi connectivity index (χ4n) is 5.07. The highest BCUT2D eigenvalue weighted by Crippen LogP contribution is 2.44. The van der Waals surface area contributed by atoms with Crippen molar-refractivity contribution in [1.29, 1.82) is 0 Å². The number of hydrogen-bond donors (Lipinski definition) is 2. The van der Waals surface area contributed by atoms with Crippen LogP contribution in [0.15, 0.2) is 48.5 Å². The van der Waals surface area contributed by atoms with Gasteiger partial charge in [0.05, 0.1) is 5.92 Å². The number of carboxylic acids is 1. The number of piperidine rings is 1. The minimum absolute atomic E-state index is 0.0650. The Kier molecular flexibility index (Phi) is 6.91. The molecule has 0 saturated carbocycles. The number of nitrogens with zero attached hydrogens (tertiary/aromatic N) is 1. The lowest BCUT2D eigenvalue weighted by molar-refractivity contribution is -0.148. The molecule has 3 atom stereocenters. The number of amides is 2. The summed E-state index contributed by atoms with van der Waals surface area (Å²) in [5, 5.41) is 12.2. The summed E-state index contributed by atoms with van der Waals surface area (Å²) < 4.78 is 5.63. The van der Waals surface area contributed by atoms with Crippen LogP contribution in [0.1, 0.15) is 50.7 Å². The van der Waals surface area contributed by atoms with Crippen molar-refractivity contribution in [3.05, 3.63) is 59.7 Å². The zero-order chi connectivity index (χ0) is 24.4. The number of fused-ring (bicyclic) bond motifs is 3. The van der Waals surface area contributed by atoms with E-state index in [1.165, 1.54) is 0 Å². The van der Waals surface area contributed by atoms with Crippen molar-refractivity contribution in [2.75, 3.05) is 13.2 Å². The van der Waals surface area contributed by atoms with Crippen LogP contribution in [0, 0.1) is 11.8 Å². The number of rotatable bonds is 6. The Hall–Kier alpha value is -3.35. The summed E-state index contributed by atoms with van der Waals surface area (Å²) >= 11 is 0. The minimum Gasteiger partial charge on any atom is -0.481 e. The molecule has 180 valence electrons. The van der Waals surface area contributed by atoms with Crippen LogP contribution in [0.4, 0.5) is 4.79 Å². The van der Waals surface area contributed by atoms with Gasteiger partial charge in [-0.1, -0.05) is 62.4 Å². The molecule has 1 aliphatic carbocycles. The molecule has 2 aromatic rings. The molecule has 2 N–H and O–H groups in total. The van der Waals surface area contributed by atoms with Crippen LogP contribution in [0.5, 0.6) is 0 Å². The lowest BCUT2D eigenvalue weighted by Gasteiger charge is -2.39. The molecular formula is C27H32N2O5. The van der Waals surface area contributed by atoms with Crippen molar-refractivity contribution in [3.8, 4) is 11.1 Å². The number of carbonyl (C=O) groups is 3. The Morgan fingerprint density at radius 2 is 1.62 bits per heavy atom. The third-order valence-electron chi connectivity index (χ3n) is 7.06. The molecule has 1 aliphatic heterocycles. The van der Waals surface area contributed by atoms with Gasteiger partial charge in [-0.2, -0.15) is 0 Å². The molecule has 4 rings (SSSR count). The molecule has 1 fully saturated rings. The van der Waals surface area contributed by atoms with Gasteiger partial charge in [0, 0.05) is 18.5 Å². The first-order valence-electron chi connectivity index (χ1n) is 11.9. The fraction of sp³-hybridized carbons (Fsp3) is 0.444. The molecule has 0 spiro atoms. The molecule has 7 nitrogen and oxygen atoms in total. The van der Waals surface area contributed by atoms with E-state index >= 15 is 0 Å². The summed E-state index contributed by atoms with van der Waals surface area (Å²) in [7, 11) is 0. The number of carboxylic acid groups (broad SMARTS) is 1. The fourth-order valence-corrected chi connectivity index (χ4v) is 5.07. The average molecular weight is 465 g/mol. The zero-order valence-corrected chi connectivity index (χ0v) is 19.9. The van der Waals surface area contributed by atoms with Crippen molar-refractivity contribution >= 4 is 18.0 Å². The Balaban J connectivity index is 1.43. The highest BCUT2D eigenvalue weighted by atomic mass is 16.5. The van der Waals surface area contributed by atoms with Crippen LogP contribution in [0.2, 0.25) is 0 Å². The molecule has 0 bridgehead atoms. The van der Waals surface area contributed by atoms with Crippen LogP contribution >= 0.6 is 0 Å². The molecule has 0 radical (unpaired) electrons. The number of carbonyl (C=O) groups excluding carboxylic acids is 2. The molecule has 0 aromatic heterocycles. The number of hydrogen-bond acceptors (Lipinski definition) is 4. The number of alkyl carbamates (subject to hydrolysis) is 1. The van der Waals surface area contributed by atoms with Gasteiger partial charge in [-0.15, -0.1) is 0 Å². The van der Waals surface area contributed by atoms with E-state index < -0.39 is 24.0 Å². The lowest BCUT2D eigenvalue weighted by atomic mass is 9.91. The summed E-state index contributed by atoms with van der Waals surface area (Å²) in [6, 6.07) is 15.4. The summed E-state index contributed by atoms with van der Waals surface area (Å²) in [6.45, 7) is 5.96. The standard InChI is InChI=1S/C27H32N2O5/c1-16(2)24(25(30)29-14-18(26(31)32)13-12-17(29)3)28-27(33)34-15-23-21-10-6-4-8-19(21)20-9-5-7-11-22(20)23/h4-11,16-18,23-24H,12-15H2,1-3H3,(H,28,33)(H,31,32)/t17?,18?,24-/m0/s1. The number of ether oxygens (including phenoxy) is 1. The predicted octanol–water partition coefficient (Wildman–Crippen LogP) is 4.26. The van der Waals surface area contributed by atoms with E-state index in [2.05, 4.69) is 29.6 Å². The van der Waals surface area contributed by atoms with E-state index in [0.29, 0.717) is 12.8 Å². The minimum atomic E-state index is -0.893. The molecule has 1 saturated heterocycles. The quantitative estimate of drug-likeness (QED) is 0.666. The van der Waals surface area contributed by atoms with Gasteiger partial charge in [0.2, 0.25) is 5.91 Å². The smallest absolute Gasteiger partial charge is 0.407 e. The Bertz CT molecular complexity index is 1040. The van der Waals surface area contributed by atoms with E-state index in [4.69, 9.17) is 4.74 Å². The second kappa shape index (κ2) is 9.87. The topological polar surface area (TPSA) is 95.9 Å². The first-order chi connectivity index (χ1) is 16.3. The molecule has 2 aliphatic rings. The first kappa shape index (κ1) is 23.8. The number of aliphatic carboxylic acids is 1. The largest absolute Gasteiger partial charge is 0.481 e. The van der Waals surface area contributed by atoms with Gasteiger partial charge in [-0.05, 0) is 47.9 Å². The molecule has 1 heterocycles. The van der Waals surface area contributed by atoms with Crippen LogP contribution in [0.25, 0.3) is 11.1 Å². The van der Waals surface area contributed by atoms with Crippen LogP contribution in [0.3, 0.4) is 0 Å². The highest BCUT2D eigenvalue weighted by molar-refractivity contribution is 5.87. The Morgan fingerprint density at radius 1 is 1.03 bits per heavy atom. The van der Waals surface area contributed by atoms with Crippen molar-refractivity contribution in [2.24, 2.45) is 11.8 Å². The maximum atomic E-state index is 13.3. The van der Waals surface area contributed by atoms with E-state index in [9.17, 15) is 19.5 Å². The Labute approximate surface area is 200 Å². The monoisotopic (exact) mass is 464 g/mol. The van der Waals surface area contributed by atoms with E-state index in [0.717, 1.165) is 22.3 Å². The maximum Gasteiger partial charge on any atom is 0.407 e. The van der Waals surface area contributed by atoms with Crippen molar-refractivity contribution in [2.45, 2.75) is 51.6 Å². The second-order valence-corrected chi connectivity index (χ2v) is 9.64. The molecular weight excluding hydrogens is 432 g/mol. The number of nitrogens with one attached hydrogen (secondary N) is 1. The molecule has 2 amide bonds. The predicted molar refractivity (Wildman–Crippen MR) is 128 cm³/mol. The van der Waals surface area contributed by atoms with Crippen LogP contribution < -0.4 is 5.32 Å². The lowest BCUT2D eigenvalue weighted by Crippen LogP contribution is -2.56. The normalized spacial score (nSPS) is 20.4. The third kappa shape index (κ3) is 4.65. The zero-order valence-electron chi connectivity index (χ0n) is 19.9. The summed E-state index contributed by atoms with van der Waals surface area (Å²) in [6.07, 6.45) is 0.526. The van der Waals surface area contributed by atoms with Crippen molar-refractivity contribution < 1.29 is 24.2 Å². The summed E-state index contributed by atoms with van der Waals surface area (Å²) in [5.74, 6) is -1.98. The first-order valence-corrected chi connectivity index (χ1v) is 11.9. The second-order valence-electron chi connectivity index (χ2n) is 9.64. The van der Waals surface area contributed by atoms with Gasteiger partial charge in [-0.3, -0.25) is 9.59 Å². The summed E-state index contributed by atoms with van der Waals surface area (Å²) in [4.78, 5) is 39.1. The van der Waals surface area contributed by atoms with Gasteiger partial charge in [0.1, 0.15) is 12.6 Å². The van der Waals surface area contributed by atoms with Crippen molar-refractivity contribution in [3.63, 3.8) is 0 Å². The van der Waals surface area contributed by atoms with Gasteiger partial charge in [-0.25, -0.2) is 4.79 Å². The van der Waals surface area contributed by atoms with Crippen LogP contribution in [-0.4, -0.2) is 53.2 Å². The van der Waals surface area contributed by atoms with Gasteiger partial charge in [0.25, 0.3) is 0 Å². The van der Waals surface area contributed by atoms with Gasteiger partial charge >= 0.3 is 12.1 Å². The van der Waals surface area contributed by atoms with Crippen LogP contribution in [-0.2, 0) is 14.3 Å². The highest BCUT2D eigenvalue weighted by Gasteiger charge is 2.37.